The van der Waals surface area contributed by atoms with Crippen molar-refractivity contribution in [2.75, 3.05) is 17.7 Å². The van der Waals surface area contributed by atoms with Gasteiger partial charge in [0.15, 0.2) is 9.84 Å². The molecule has 0 saturated carbocycles. The van der Waals surface area contributed by atoms with E-state index in [1.165, 1.54) is 31.6 Å². The number of nitrogens with zero attached hydrogens (tertiary/aromatic N) is 1. The summed E-state index contributed by atoms with van der Waals surface area (Å²) in [6.45, 7) is 4.69. The topological polar surface area (TPSA) is 144 Å². The zero-order chi connectivity index (χ0) is 29.7. The Balaban J connectivity index is 1.72. The molecule has 0 unspecified atom stereocenters. The number of halogens is 2. The van der Waals surface area contributed by atoms with E-state index in [1.807, 2.05) is 0 Å². The van der Waals surface area contributed by atoms with Gasteiger partial charge in [0, 0.05) is 24.5 Å². The van der Waals surface area contributed by atoms with Gasteiger partial charge in [0.05, 0.1) is 38.0 Å². The number of nitrogens with one attached hydrogen (secondary N) is 3. The Hall–Kier alpha value is -3.67. The van der Waals surface area contributed by atoms with Crippen LogP contribution in [0.5, 0.6) is 0 Å². The average molecular weight is 608 g/mol. The third-order valence-electron chi connectivity index (χ3n) is 5.75. The van der Waals surface area contributed by atoms with Crippen LogP contribution in [-0.2, 0) is 25.8 Å². The number of carbonyl (C=O) groups is 3. The maximum absolute atomic E-state index is 13.0. The largest absolute Gasteiger partial charge is 0.467 e. The van der Waals surface area contributed by atoms with Crippen LogP contribution in [0.2, 0.25) is 10.0 Å². The molecule has 0 aliphatic rings. The zero-order valence-corrected chi connectivity index (χ0v) is 24.4. The first kappa shape index (κ1) is 30.9. The van der Waals surface area contributed by atoms with Gasteiger partial charge < -0.3 is 20.7 Å². The van der Waals surface area contributed by atoms with Gasteiger partial charge in [0.25, 0.3) is 5.91 Å². The number of esters is 1. The Morgan fingerprint density at radius 2 is 1.55 bits per heavy atom. The molecule has 3 N–H and O–H groups in total. The summed E-state index contributed by atoms with van der Waals surface area (Å²) in [6, 6.07) is 10.7. The van der Waals surface area contributed by atoms with Gasteiger partial charge in [-0.2, -0.15) is 0 Å². The summed E-state index contributed by atoms with van der Waals surface area (Å²) in [5.41, 5.74) is 1.24. The second kappa shape index (κ2) is 12.7. The van der Waals surface area contributed by atoms with Gasteiger partial charge in [-0.25, -0.2) is 18.0 Å². The third kappa shape index (κ3) is 7.29. The molecule has 0 saturated heterocycles. The van der Waals surface area contributed by atoms with Crippen molar-refractivity contribution in [1.82, 2.24) is 10.3 Å². The highest BCUT2D eigenvalue weighted by Crippen LogP contribution is 2.30. The van der Waals surface area contributed by atoms with Crippen molar-refractivity contribution in [2.45, 2.75) is 42.9 Å². The van der Waals surface area contributed by atoms with E-state index in [1.54, 1.807) is 57.2 Å². The number of hydrogen-bond donors (Lipinski definition) is 3. The minimum absolute atomic E-state index is 0.0424. The molecule has 0 spiro atoms. The third-order valence-corrected chi connectivity index (χ3v) is 8.87. The van der Waals surface area contributed by atoms with E-state index in [2.05, 4.69) is 20.9 Å². The molecule has 1 heterocycles. The summed E-state index contributed by atoms with van der Waals surface area (Å²) >= 11 is 12.1. The number of pyridine rings is 1. The summed E-state index contributed by atoms with van der Waals surface area (Å²) in [4.78, 5) is 41.7. The number of amides is 3. The van der Waals surface area contributed by atoms with Crippen LogP contribution in [0.15, 0.2) is 65.8 Å². The van der Waals surface area contributed by atoms with Gasteiger partial charge >= 0.3 is 12.0 Å². The second-order valence-corrected chi connectivity index (χ2v) is 13.1. The van der Waals surface area contributed by atoms with Gasteiger partial charge in [0.1, 0.15) is 6.04 Å². The number of methoxy groups -OCH3 is 1. The molecule has 2 aromatic carbocycles. The van der Waals surface area contributed by atoms with Gasteiger partial charge in [-0.3, -0.25) is 9.78 Å². The van der Waals surface area contributed by atoms with Gasteiger partial charge in [0.2, 0.25) is 0 Å². The number of carbonyl (C=O) groups excluding carboxylic acids is 3. The molecule has 3 aromatic rings. The summed E-state index contributed by atoms with van der Waals surface area (Å²) in [7, 11) is -2.58. The van der Waals surface area contributed by atoms with Crippen LogP contribution in [-0.4, -0.2) is 49.2 Å². The summed E-state index contributed by atoms with van der Waals surface area (Å²) < 4.78 is 29.7. The van der Waals surface area contributed by atoms with E-state index in [0.717, 1.165) is 0 Å². The minimum Gasteiger partial charge on any atom is -0.467 e. The standard InChI is InChI=1S/C27H28Cl2N4O6S/c1-27(2,3)40(37,38)22-8-6-5-7-20(22)32-26(36)33-21(25(35)39-4)13-16-9-11-17(12-10-16)31-24(34)23-18(28)14-30-15-19(23)29/h5-12,14-15,21H,13H2,1-4H3,(H,31,34)(H2,32,33,36)/t21-/m0/s1. The molecule has 0 fully saturated rings. The molecule has 1 atom stereocenters. The second-order valence-electron chi connectivity index (χ2n) is 9.62. The Labute approximate surface area is 242 Å². The Morgan fingerprint density at radius 1 is 0.950 bits per heavy atom. The van der Waals surface area contributed by atoms with E-state index in [4.69, 9.17) is 27.9 Å². The molecule has 0 radical (unpaired) electrons. The number of rotatable bonds is 8. The Morgan fingerprint density at radius 3 is 2.12 bits per heavy atom. The lowest BCUT2D eigenvalue weighted by Gasteiger charge is -2.22. The van der Waals surface area contributed by atoms with Gasteiger partial charge in [-0.15, -0.1) is 0 Å². The SMILES string of the molecule is COC(=O)[C@H](Cc1ccc(NC(=O)c2c(Cl)cncc2Cl)cc1)NC(=O)Nc1ccccc1S(=O)(=O)C(C)(C)C. The average Bonchev–Trinajstić information content (AvgIpc) is 2.88. The molecule has 1 aromatic heterocycles. The van der Waals surface area contributed by atoms with Crippen LogP contribution < -0.4 is 16.0 Å². The number of anilines is 2. The fraction of sp³-hybridized carbons (Fsp3) is 0.259. The predicted octanol–water partition coefficient (Wildman–Crippen LogP) is 5.12. The quantitative estimate of drug-likeness (QED) is 0.302. The van der Waals surface area contributed by atoms with Crippen molar-refractivity contribution in [3.8, 4) is 0 Å². The normalized spacial score (nSPS) is 12.2. The van der Waals surface area contributed by atoms with Crippen molar-refractivity contribution < 1.29 is 27.5 Å². The van der Waals surface area contributed by atoms with E-state index in [0.29, 0.717) is 11.3 Å². The molecule has 212 valence electrons. The zero-order valence-electron chi connectivity index (χ0n) is 22.1. The molecule has 10 nitrogen and oxygen atoms in total. The predicted molar refractivity (Wildman–Crippen MR) is 154 cm³/mol. The van der Waals surface area contributed by atoms with E-state index in [9.17, 15) is 22.8 Å². The number of ether oxygens (including phenoxy) is 1. The van der Waals surface area contributed by atoms with Crippen LogP contribution in [0.4, 0.5) is 16.2 Å². The monoisotopic (exact) mass is 606 g/mol. The van der Waals surface area contributed by atoms with E-state index in [-0.39, 0.29) is 32.6 Å². The summed E-state index contributed by atoms with van der Waals surface area (Å²) in [6.07, 6.45) is 2.67. The van der Waals surface area contributed by atoms with Crippen molar-refractivity contribution >= 4 is 62.3 Å². The summed E-state index contributed by atoms with van der Waals surface area (Å²) in [5, 5.41) is 7.96. The van der Waals surface area contributed by atoms with Crippen LogP contribution in [0.3, 0.4) is 0 Å². The van der Waals surface area contributed by atoms with Crippen LogP contribution in [0, 0.1) is 0 Å². The molecule has 40 heavy (non-hydrogen) atoms. The molecular formula is C27H28Cl2N4O6S. The first-order valence-corrected chi connectivity index (χ1v) is 14.2. The Bertz CT molecular complexity index is 1500. The van der Waals surface area contributed by atoms with Crippen molar-refractivity contribution in [3.05, 3.63) is 82.1 Å². The smallest absolute Gasteiger partial charge is 0.328 e. The Kier molecular flexibility index (Phi) is 9.78. The number of hydrogen-bond acceptors (Lipinski definition) is 7. The summed E-state index contributed by atoms with van der Waals surface area (Å²) in [5.74, 6) is -1.23. The molecule has 3 rings (SSSR count). The van der Waals surface area contributed by atoms with Gasteiger partial charge in [-0.05, 0) is 50.6 Å². The number of urea groups is 1. The maximum Gasteiger partial charge on any atom is 0.328 e. The lowest BCUT2D eigenvalue weighted by molar-refractivity contribution is -0.142. The molecule has 13 heteroatoms. The highest BCUT2D eigenvalue weighted by Gasteiger charge is 2.33. The number of aromatic nitrogens is 1. The first-order chi connectivity index (χ1) is 18.7. The van der Waals surface area contributed by atoms with E-state index >= 15 is 0 Å². The maximum atomic E-state index is 13.0. The number of sulfone groups is 1. The van der Waals surface area contributed by atoms with E-state index < -0.39 is 38.5 Å². The van der Waals surface area contributed by atoms with Crippen LogP contribution in [0.1, 0.15) is 36.7 Å². The number of para-hydroxylation sites is 1. The fourth-order valence-corrected chi connectivity index (χ4v) is 5.43. The molecule has 0 bridgehead atoms. The van der Waals surface area contributed by atoms with Crippen LogP contribution in [0.25, 0.3) is 0 Å². The van der Waals surface area contributed by atoms with Crippen molar-refractivity contribution in [2.24, 2.45) is 0 Å². The van der Waals surface area contributed by atoms with Crippen molar-refractivity contribution in [3.63, 3.8) is 0 Å². The van der Waals surface area contributed by atoms with Crippen LogP contribution >= 0.6 is 23.2 Å². The minimum atomic E-state index is -3.77. The fourth-order valence-electron chi connectivity index (χ4n) is 3.57. The molecular weight excluding hydrogens is 579 g/mol. The molecule has 3 amide bonds. The first-order valence-electron chi connectivity index (χ1n) is 11.9. The number of benzene rings is 2. The highest BCUT2D eigenvalue weighted by atomic mass is 35.5. The molecule has 0 aliphatic heterocycles. The van der Waals surface area contributed by atoms with Crippen molar-refractivity contribution in [1.29, 1.82) is 0 Å². The molecule has 0 aliphatic carbocycles. The van der Waals surface area contributed by atoms with Gasteiger partial charge in [-0.1, -0.05) is 47.5 Å². The lowest BCUT2D eigenvalue weighted by Crippen LogP contribution is -2.45. The lowest BCUT2D eigenvalue weighted by atomic mass is 10.1. The highest BCUT2D eigenvalue weighted by molar-refractivity contribution is 7.93.